The van der Waals surface area contributed by atoms with Crippen LogP contribution < -0.4 is 0 Å². The molecule has 0 saturated carbocycles. The van der Waals surface area contributed by atoms with Crippen molar-refractivity contribution in [1.82, 2.24) is 0 Å². The summed E-state index contributed by atoms with van der Waals surface area (Å²) in [4.78, 5) is 9.96. The molecule has 0 aromatic carbocycles. The van der Waals surface area contributed by atoms with Crippen molar-refractivity contribution in [3.05, 3.63) is 23.7 Å². The van der Waals surface area contributed by atoms with Crippen LogP contribution in [0.5, 0.6) is 0 Å². The van der Waals surface area contributed by atoms with Crippen LogP contribution in [0.15, 0.2) is 16.5 Å². The predicted octanol–water partition coefficient (Wildman–Crippen LogP) is -2.52. The van der Waals surface area contributed by atoms with Gasteiger partial charge in [0, 0.05) is 0 Å². The molecule has 120 valence electrons. The number of aliphatic hydroxyl groups is 6. The fraction of sp³-hybridized carbons (Fsp3) is 0.583. The molecule has 4 atom stereocenters. The van der Waals surface area contributed by atoms with E-state index < -0.39 is 37.3 Å². The van der Waals surface area contributed by atoms with E-state index in [4.69, 9.17) is 29.9 Å². The van der Waals surface area contributed by atoms with Gasteiger partial charge in [0.05, 0.1) is 13.2 Å². The molecule has 6 N–H and O–H groups in total. The molecular weight excluding hydrogens is 288 g/mol. The van der Waals surface area contributed by atoms with Crippen molar-refractivity contribution in [2.45, 2.75) is 30.7 Å². The van der Waals surface area contributed by atoms with E-state index in [0.29, 0.717) is 12.0 Å². The summed E-state index contributed by atoms with van der Waals surface area (Å²) in [7, 11) is 0. The first-order valence-corrected chi connectivity index (χ1v) is 6.04. The first kappa shape index (κ1) is 17.7. The average molecular weight is 307 g/mol. The van der Waals surface area contributed by atoms with E-state index in [1.807, 2.05) is 0 Å². The Labute approximate surface area is 121 Å². The van der Waals surface area contributed by atoms with Gasteiger partial charge >= 0.3 is 1.43 Å². The third-order valence-electron chi connectivity index (χ3n) is 2.88. The number of ether oxygens (including phenoxy) is 1. The van der Waals surface area contributed by atoms with Crippen molar-refractivity contribution >= 4 is 6.29 Å². The number of rotatable bonds is 4. The second-order valence-electron chi connectivity index (χ2n) is 4.36. The van der Waals surface area contributed by atoms with Gasteiger partial charge in [-0.3, -0.25) is 4.79 Å². The van der Waals surface area contributed by atoms with E-state index in [-0.39, 0.29) is 13.8 Å². The number of aldehydes is 1. The van der Waals surface area contributed by atoms with Gasteiger partial charge in [-0.25, -0.2) is 0 Å². The SMILES string of the molecule is O=Cc1ccc(CO)o1.OC[C@H]1O[C@](O)(CO)[C@H](O)C1O.[H+]. The number of carbonyl (C=O) groups is 1. The maximum atomic E-state index is 9.96. The minimum atomic E-state index is -2.16. The van der Waals surface area contributed by atoms with Gasteiger partial charge in [-0.15, -0.1) is 0 Å². The van der Waals surface area contributed by atoms with Crippen LogP contribution in [0, 0.1) is 0 Å². The normalized spacial score (nSPS) is 31.6. The Morgan fingerprint density at radius 3 is 2.24 bits per heavy atom. The molecule has 1 aliphatic heterocycles. The molecule has 21 heavy (non-hydrogen) atoms. The van der Waals surface area contributed by atoms with Crippen molar-refractivity contribution in [1.29, 1.82) is 0 Å². The molecule has 1 aliphatic rings. The average Bonchev–Trinajstić information content (AvgIpc) is 3.07. The number of carbonyl (C=O) groups excluding carboxylic acids is 1. The molecule has 1 saturated heterocycles. The highest BCUT2D eigenvalue weighted by atomic mass is 16.7. The summed E-state index contributed by atoms with van der Waals surface area (Å²) < 4.78 is 9.39. The van der Waals surface area contributed by atoms with Crippen molar-refractivity contribution in [2.75, 3.05) is 13.2 Å². The van der Waals surface area contributed by atoms with Crippen LogP contribution in [0.4, 0.5) is 0 Å². The number of furan rings is 1. The first-order chi connectivity index (χ1) is 9.91. The smallest absolute Gasteiger partial charge is 0.456 e. The summed E-state index contributed by atoms with van der Waals surface area (Å²) in [6, 6.07) is 3.07. The fourth-order valence-corrected chi connectivity index (χ4v) is 1.69. The Bertz CT molecular complexity index is 452. The Morgan fingerprint density at radius 1 is 1.29 bits per heavy atom. The van der Waals surface area contributed by atoms with E-state index >= 15 is 0 Å². The lowest BCUT2D eigenvalue weighted by Crippen LogP contribution is -2.46. The fourth-order valence-electron chi connectivity index (χ4n) is 1.69. The van der Waals surface area contributed by atoms with Gasteiger partial charge in [-0.1, -0.05) is 0 Å². The molecule has 2 rings (SSSR count). The van der Waals surface area contributed by atoms with Crippen molar-refractivity contribution < 1.29 is 46.0 Å². The molecule has 0 amide bonds. The van der Waals surface area contributed by atoms with Crippen LogP contribution in [-0.4, -0.2) is 74.2 Å². The Balaban J connectivity index is 0.000000397. The van der Waals surface area contributed by atoms with E-state index in [1.165, 1.54) is 6.07 Å². The van der Waals surface area contributed by atoms with Crippen LogP contribution in [0.3, 0.4) is 0 Å². The Hall–Kier alpha value is -1.33. The molecule has 9 heteroatoms. The molecule has 0 bridgehead atoms. The summed E-state index contributed by atoms with van der Waals surface area (Å²) in [5.41, 5.74) is 0. The summed E-state index contributed by atoms with van der Waals surface area (Å²) in [5, 5.41) is 53.1. The standard InChI is InChI=1S/C6H12O6.C6H6O3/c7-1-3-4(9)5(10)6(11,2-8)12-3;7-3-5-1-2-6(4-8)9-5/h3-5,7-11H,1-2H2;1-3,8H,4H2/p+1/t3-,4?,5-,6-;/m1./s1. The molecule has 9 nitrogen and oxygen atoms in total. The highest BCUT2D eigenvalue weighted by Crippen LogP contribution is 2.28. The minimum absolute atomic E-state index is 0. The zero-order valence-corrected chi connectivity index (χ0v) is 11.0. The largest absolute Gasteiger partial charge is 1.00 e. The highest BCUT2D eigenvalue weighted by molar-refractivity contribution is 5.70. The summed E-state index contributed by atoms with van der Waals surface area (Å²) in [6.45, 7) is -1.52. The van der Waals surface area contributed by atoms with Crippen molar-refractivity contribution in [3.8, 4) is 0 Å². The molecule has 1 fully saturated rings. The van der Waals surface area contributed by atoms with E-state index in [0.717, 1.165) is 0 Å². The van der Waals surface area contributed by atoms with Crippen LogP contribution in [0.1, 0.15) is 17.7 Å². The Kier molecular flexibility index (Phi) is 6.42. The third kappa shape index (κ3) is 4.08. The zero-order valence-electron chi connectivity index (χ0n) is 12.0. The van der Waals surface area contributed by atoms with Crippen LogP contribution in [0.25, 0.3) is 0 Å². The molecule has 1 aromatic rings. The summed E-state index contributed by atoms with van der Waals surface area (Å²) >= 11 is 0. The third-order valence-corrected chi connectivity index (χ3v) is 2.88. The summed E-state index contributed by atoms with van der Waals surface area (Å²) in [6.07, 6.45) is -3.44. The Morgan fingerprint density at radius 2 is 1.95 bits per heavy atom. The van der Waals surface area contributed by atoms with Crippen molar-refractivity contribution in [3.63, 3.8) is 0 Å². The maximum Gasteiger partial charge on any atom is 1.00 e. The van der Waals surface area contributed by atoms with Gasteiger partial charge in [0.15, 0.2) is 12.0 Å². The lowest BCUT2D eigenvalue weighted by atomic mass is 10.1. The summed E-state index contributed by atoms with van der Waals surface area (Å²) in [5.74, 6) is -1.50. The zero-order chi connectivity index (χ0) is 16.0. The van der Waals surface area contributed by atoms with E-state index in [9.17, 15) is 9.90 Å². The lowest BCUT2D eigenvalue weighted by Gasteiger charge is -2.22. The number of aliphatic hydroxyl groups excluding tert-OH is 5. The van der Waals surface area contributed by atoms with Crippen LogP contribution in [0.2, 0.25) is 0 Å². The second-order valence-corrected chi connectivity index (χ2v) is 4.36. The number of hydrogen-bond donors (Lipinski definition) is 6. The van der Waals surface area contributed by atoms with Gasteiger partial charge in [-0.05, 0) is 12.1 Å². The maximum absolute atomic E-state index is 9.96. The molecule has 0 radical (unpaired) electrons. The minimum Gasteiger partial charge on any atom is -0.456 e. The van der Waals surface area contributed by atoms with Gasteiger partial charge in [0.2, 0.25) is 5.79 Å². The molecule has 1 unspecified atom stereocenters. The molecule has 0 spiro atoms. The quantitative estimate of drug-likeness (QED) is 0.330. The number of hydrogen-bond acceptors (Lipinski definition) is 9. The van der Waals surface area contributed by atoms with Gasteiger partial charge in [0.1, 0.15) is 30.7 Å². The second kappa shape index (κ2) is 7.61. The van der Waals surface area contributed by atoms with Gasteiger partial charge < -0.3 is 39.8 Å². The molecule has 0 aliphatic carbocycles. The lowest BCUT2D eigenvalue weighted by molar-refractivity contribution is -0.248. The predicted molar refractivity (Wildman–Crippen MR) is 67.1 cm³/mol. The molecular formula is C12H19O9+. The first-order valence-electron chi connectivity index (χ1n) is 6.04. The monoisotopic (exact) mass is 307 g/mol. The highest BCUT2D eigenvalue weighted by Gasteiger charge is 2.52. The van der Waals surface area contributed by atoms with E-state index in [2.05, 4.69) is 4.74 Å². The molecule has 1 aromatic heterocycles. The van der Waals surface area contributed by atoms with Gasteiger partial charge in [-0.2, -0.15) is 0 Å². The van der Waals surface area contributed by atoms with E-state index in [1.54, 1.807) is 6.07 Å². The van der Waals surface area contributed by atoms with Crippen LogP contribution in [-0.2, 0) is 11.3 Å². The van der Waals surface area contributed by atoms with Crippen molar-refractivity contribution in [2.24, 2.45) is 0 Å². The van der Waals surface area contributed by atoms with Gasteiger partial charge in [0.25, 0.3) is 0 Å². The topological polar surface area (TPSA) is 161 Å². The molecule has 2 heterocycles. The van der Waals surface area contributed by atoms with Crippen LogP contribution >= 0.6 is 0 Å².